The third-order valence-corrected chi connectivity index (χ3v) is 7.95. The molecule has 0 saturated carbocycles. The first kappa shape index (κ1) is 21.6. The van der Waals surface area contributed by atoms with Crippen molar-refractivity contribution < 1.29 is 17.6 Å². The third-order valence-electron chi connectivity index (χ3n) is 5.84. The second kappa shape index (κ2) is 8.13. The van der Waals surface area contributed by atoms with E-state index in [4.69, 9.17) is 16.0 Å². The normalized spacial score (nSPS) is 17.7. The molecule has 4 rings (SSSR count). The Bertz CT molecular complexity index is 1350. The molecule has 8 heteroatoms. The lowest BCUT2D eigenvalue weighted by Gasteiger charge is -2.28. The summed E-state index contributed by atoms with van der Waals surface area (Å²) in [5.41, 5.74) is 2.47. The Hall–Kier alpha value is -2.64. The van der Waals surface area contributed by atoms with E-state index in [1.807, 2.05) is 19.9 Å². The average molecular weight is 460 g/mol. The van der Waals surface area contributed by atoms with Gasteiger partial charge in [0.1, 0.15) is 5.58 Å². The molecule has 3 aromatic rings. The van der Waals surface area contributed by atoms with E-state index in [9.17, 15) is 18.0 Å². The molecular formula is C23H22ClNO5S. The van der Waals surface area contributed by atoms with Crippen LogP contribution in [0.1, 0.15) is 33.7 Å². The molecule has 1 aliphatic rings. The average Bonchev–Trinajstić information content (AvgIpc) is 3.09. The number of aryl methyl sites for hydroxylation is 2. The minimum atomic E-state index is -3.23. The van der Waals surface area contributed by atoms with Gasteiger partial charge >= 0.3 is 0 Å². The van der Waals surface area contributed by atoms with Crippen LogP contribution in [-0.2, 0) is 16.4 Å². The molecular weight excluding hydrogens is 438 g/mol. The number of carbonyl (C=O) groups excluding carboxylic acids is 1. The number of sulfone groups is 1. The minimum Gasteiger partial charge on any atom is -0.450 e. The third kappa shape index (κ3) is 4.25. The lowest BCUT2D eigenvalue weighted by Crippen LogP contribution is -2.41. The molecule has 31 heavy (non-hydrogen) atoms. The predicted octanol–water partition coefficient (Wildman–Crippen LogP) is 3.89. The molecule has 2 heterocycles. The molecule has 0 unspecified atom stereocenters. The monoisotopic (exact) mass is 459 g/mol. The maximum absolute atomic E-state index is 13.5. The molecule has 1 aromatic heterocycles. The molecule has 0 spiro atoms. The molecule has 6 nitrogen and oxygen atoms in total. The van der Waals surface area contributed by atoms with Crippen molar-refractivity contribution in [2.45, 2.75) is 32.9 Å². The first-order chi connectivity index (χ1) is 14.7. The van der Waals surface area contributed by atoms with Gasteiger partial charge in [0.2, 0.25) is 0 Å². The van der Waals surface area contributed by atoms with Gasteiger partial charge < -0.3 is 9.32 Å². The van der Waals surface area contributed by atoms with Crippen LogP contribution >= 0.6 is 11.6 Å². The van der Waals surface area contributed by atoms with Gasteiger partial charge in [-0.2, -0.15) is 0 Å². The molecule has 1 fully saturated rings. The number of carbonyl (C=O) groups is 1. The van der Waals surface area contributed by atoms with E-state index in [1.54, 1.807) is 30.3 Å². The number of nitrogens with zero attached hydrogens (tertiary/aromatic N) is 1. The molecule has 1 atom stereocenters. The quantitative estimate of drug-likeness (QED) is 0.590. The SMILES string of the molecule is Cc1ccc2c(=O)cc(C(=O)N(Cc3ccccc3Cl)[C@H]3CCS(=O)(=O)C3)oc2c1C. The van der Waals surface area contributed by atoms with Crippen LogP contribution in [0, 0.1) is 13.8 Å². The van der Waals surface area contributed by atoms with Gasteiger partial charge in [0.05, 0.1) is 16.9 Å². The Morgan fingerprint density at radius 1 is 1.19 bits per heavy atom. The first-order valence-electron chi connectivity index (χ1n) is 9.95. The highest BCUT2D eigenvalue weighted by Crippen LogP contribution is 2.26. The lowest BCUT2D eigenvalue weighted by molar-refractivity contribution is 0.0648. The Morgan fingerprint density at radius 2 is 1.94 bits per heavy atom. The van der Waals surface area contributed by atoms with Gasteiger partial charge in [0.25, 0.3) is 5.91 Å². The number of rotatable bonds is 4. The molecule has 0 aliphatic carbocycles. The van der Waals surface area contributed by atoms with Crippen LogP contribution in [-0.4, -0.2) is 36.8 Å². The van der Waals surface area contributed by atoms with E-state index in [0.717, 1.165) is 11.1 Å². The summed E-state index contributed by atoms with van der Waals surface area (Å²) >= 11 is 6.29. The smallest absolute Gasteiger partial charge is 0.290 e. The van der Waals surface area contributed by atoms with Crippen molar-refractivity contribution in [1.82, 2.24) is 4.90 Å². The molecule has 0 bridgehead atoms. The maximum Gasteiger partial charge on any atom is 0.290 e. The summed E-state index contributed by atoms with van der Waals surface area (Å²) in [6.07, 6.45) is 0.328. The van der Waals surface area contributed by atoms with Crippen LogP contribution in [0.2, 0.25) is 5.02 Å². The van der Waals surface area contributed by atoms with Crippen LogP contribution in [0.15, 0.2) is 51.7 Å². The summed E-state index contributed by atoms with van der Waals surface area (Å²) in [7, 11) is -3.23. The van der Waals surface area contributed by atoms with Crippen molar-refractivity contribution in [2.75, 3.05) is 11.5 Å². The van der Waals surface area contributed by atoms with Gasteiger partial charge in [-0.1, -0.05) is 35.9 Å². The summed E-state index contributed by atoms with van der Waals surface area (Å²) in [4.78, 5) is 27.6. The fourth-order valence-electron chi connectivity index (χ4n) is 3.90. The Morgan fingerprint density at radius 3 is 2.61 bits per heavy atom. The second-order valence-electron chi connectivity index (χ2n) is 7.94. The van der Waals surface area contributed by atoms with Gasteiger partial charge in [0, 0.05) is 23.7 Å². The topological polar surface area (TPSA) is 84.7 Å². The van der Waals surface area contributed by atoms with E-state index in [0.29, 0.717) is 28.0 Å². The van der Waals surface area contributed by atoms with Crippen LogP contribution in [0.25, 0.3) is 11.0 Å². The minimum absolute atomic E-state index is 0.0178. The van der Waals surface area contributed by atoms with Crippen molar-refractivity contribution in [2.24, 2.45) is 0 Å². The van der Waals surface area contributed by atoms with Crippen molar-refractivity contribution in [3.8, 4) is 0 Å². The summed E-state index contributed by atoms with van der Waals surface area (Å²) in [5.74, 6) is -0.743. The fraction of sp³-hybridized carbons (Fsp3) is 0.304. The van der Waals surface area contributed by atoms with E-state index in [2.05, 4.69) is 0 Å². The molecule has 1 amide bonds. The highest BCUT2D eigenvalue weighted by atomic mass is 35.5. The number of amides is 1. The highest BCUT2D eigenvalue weighted by molar-refractivity contribution is 7.91. The highest BCUT2D eigenvalue weighted by Gasteiger charge is 2.36. The number of hydrogen-bond donors (Lipinski definition) is 0. The number of hydrogen-bond acceptors (Lipinski definition) is 5. The maximum atomic E-state index is 13.5. The molecule has 2 aromatic carbocycles. The van der Waals surface area contributed by atoms with Gasteiger partial charge in [-0.3, -0.25) is 9.59 Å². The van der Waals surface area contributed by atoms with E-state index in [1.165, 1.54) is 11.0 Å². The van der Waals surface area contributed by atoms with E-state index >= 15 is 0 Å². The predicted molar refractivity (Wildman–Crippen MR) is 120 cm³/mol. The molecule has 1 saturated heterocycles. The Balaban J connectivity index is 1.79. The van der Waals surface area contributed by atoms with Crippen molar-refractivity contribution >= 4 is 38.3 Å². The molecule has 0 N–H and O–H groups in total. The van der Waals surface area contributed by atoms with Crippen LogP contribution in [0.5, 0.6) is 0 Å². The number of halogens is 1. The Kier molecular flexibility index (Phi) is 5.66. The van der Waals surface area contributed by atoms with Gasteiger partial charge in [-0.05, 0) is 49.1 Å². The van der Waals surface area contributed by atoms with Crippen LogP contribution < -0.4 is 5.43 Å². The number of fused-ring (bicyclic) bond motifs is 1. The van der Waals surface area contributed by atoms with Crippen LogP contribution in [0.3, 0.4) is 0 Å². The summed E-state index contributed by atoms with van der Waals surface area (Å²) in [6, 6.07) is 11.3. The first-order valence-corrected chi connectivity index (χ1v) is 12.1. The zero-order valence-electron chi connectivity index (χ0n) is 17.2. The van der Waals surface area contributed by atoms with Crippen molar-refractivity contribution in [3.63, 3.8) is 0 Å². The molecule has 1 aliphatic heterocycles. The Labute approximate surface area is 185 Å². The molecule has 0 radical (unpaired) electrons. The van der Waals surface area contributed by atoms with Crippen LogP contribution in [0.4, 0.5) is 0 Å². The second-order valence-corrected chi connectivity index (χ2v) is 10.6. The summed E-state index contributed by atoms with van der Waals surface area (Å²) in [6.45, 7) is 3.85. The summed E-state index contributed by atoms with van der Waals surface area (Å²) < 4.78 is 30.1. The van der Waals surface area contributed by atoms with Gasteiger partial charge in [-0.25, -0.2) is 8.42 Å². The van der Waals surface area contributed by atoms with Gasteiger partial charge in [0.15, 0.2) is 21.0 Å². The molecule has 162 valence electrons. The standard InChI is InChI=1S/C23H22ClNO5S/c1-14-7-8-18-20(26)11-21(30-22(18)15(14)2)23(27)25(17-9-10-31(28,29)13-17)12-16-5-3-4-6-19(16)24/h3-8,11,17H,9-10,12-13H2,1-2H3/t17-/m0/s1. The fourth-order valence-corrected chi connectivity index (χ4v) is 5.82. The number of benzene rings is 2. The largest absolute Gasteiger partial charge is 0.450 e. The summed E-state index contributed by atoms with van der Waals surface area (Å²) in [5, 5.41) is 0.883. The van der Waals surface area contributed by atoms with Gasteiger partial charge in [-0.15, -0.1) is 0 Å². The lowest BCUT2D eigenvalue weighted by atomic mass is 10.1. The zero-order chi connectivity index (χ0) is 22.3. The zero-order valence-corrected chi connectivity index (χ0v) is 18.8. The van der Waals surface area contributed by atoms with Crippen molar-refractivity contribution in [3.05, 3.63) is 80.2 Å². The van der Waals surface area contributed by atoms with E-state index in [-0.39, 0.29) is 29.2 Å². The van der Waals surface area contributed by atoms with E-state index < -0.39 is 21.8 Å². The van der Waals surface area contributed by atoms with Crippen molar-refractivity contribution in [1.29, 1.82) is 0 Å².